The van der Waals surface area contributed by atoms with Gasteiger partial charge in [-0.1, -0.05) is 0 Å². The summed E-state index contributed by atoms with van der Waals surface area (Å²) >= 11 is 1.32. The zero-order chi connectivity index (χ0) is 19.1. The highest BCUT2D eigenvalue weighted by Crippen LogP contribution is 2.25. The van der Waals surface area contributed by atoms with Crippen LogP contribution in [0.3, 0.4) is 0 Å². The van der Waals surface area contributed by atoms with Crippen LogP contribution in [0.4, 0.5) is 5.95 Å². The van der Waals surface area contributed by atoms with Gasteiger partial charge in [-0.25, -0.2) is 15.4 Å². The van der Waals surface area contributed by atoms with E-state index >= 15 is 0 Å². The molecule has 1 aromatic heterocycles. The van der Waals surface area contributed by atoms with Crippen molar-refractivity contribution < 1.29 is 14.6 Å². The van der Waals surface area contributed by atoms with E-state index in [0.29, 0.717) is 11.7 Å². The summed E-state index contributed by atoms with van der Waals surface area (Å²) in [5, 5.41) is 13.1. The maximum Gasteiger partial charge on any atom is 0.313 e. The van der Waals surface area contributed by atoms with Crippen molar-refractivity contribution in [2.24, 2.45) is 5.10 Å². The highest BCUT2D eigenvalue weighted by Gasteiger charge is 2.08. The summed E-state index contributed by atoms with van der Waals surface area (Å²) < 4.78 is 5.36. The minimum atomic E-state index is -0.833. The molecule has 0 fully saturated rings. The first-order valence-corrected chi connectivity index (χ1v) is 9.14. The van der Waals surface area contributed by atoms with Crippen LogP contribution in [0.1, 0.15) is 29.4 Å². The predicted octanol–water partition coefficient (Wildman–Crippen LogP) is 3.26. The molecule has 0 atom stereocenters. The number of aromatic nitrogens is 2. The van der Waals surface area contributed by atoms with Crippen molar-refractivity contribution in [1.82, 2.24) is 9.97 Å². The average Bonchev–Trinajstić information content (AvgIpc) is 2.58. The summed E-state index contributed by atoms with van der Waals surface area (Å²) in [5.41, 5.74) is 7.22. The highest BCUT2D eigenvalue weighted by molar-refractivity contribution is 7.99. The van der Waals surface area contributed by atoms with Crippen molar-refractivity contribution in [3.8, 4) is 5.75 Å². The van der Waals surface area contributed by atoms with Crippen LogP contribution in [0, 0.1) is 13.8 Å². The van der Waals surface area contributed by atoms with Crippen LogP contribution in [-0.2, 0) is 10.5 Å². The van der Waals surface area contributed by atoms with E-state index in [2.05, 4.69) is 20.5 Å². The number of ether oxygens (including phenoxy) is 1. The number of aliphatic carboxylic acids is 1. The van der Waals surface area contributed by atoms with Crippen molar-refractivity contribution in [1.29, 1.82) is 0 Å². The normalized spacial score (nSPS) is 11.3. The molecule has 0 radical (unpaired) electrons. The number of carbonyl (C=O) groups is 1. The van der Waals surface area contributed by atoms with E-state index in [1.165, 1.54) is 11.8 Å². The minimum Gasteiger partial charge on any atom is -0.496 e. The molecule has 26 heavy (non-hydrogen) atoms. The molecule has 0 spiro atoms. The predicted molar refractivity (Wildman–Crippen MR) is 104 cm³/mol. The van der Waals surface area contributed by atoms with Crippen LogP contribution in [0.2, 0.25) is 0 Å². The number of carboxylic acids is 1. The van der Waals surface area contributed by atoms with Gasteiger partial charge in [-0.15, -0.1) is 11.8 Å². The third-order valence-corrected chi connectivity index (χ3v) is 4.45. The second-order valence-corrected chi connectivity index (χ2v) is 6.68. The van der Waals surface area contributed by atoms with E-state index in [9.17, 15) is 4.79 Å². The standard InChI is InChI=1S/C18H22N4O3S/c1-11-7-12(2)20-18(19-11)22-21-13(3)14-5-6-16(25-4)15(8-14)9-26-10-17(23)24/h5-8H,9-10H2,1-4H3,(H,23,24)(H,19,20,22)/b21-13-. The summed E-state index contributed by atoms with van der Waals surface area (Å²) in [6.07, 6.45) is 0. The number of hydrazone groups is 1. The fourth-order valence-electron chi connectivity index (χ4n) is 2.34. The summed E-state index contributed by atoms with van der Waals surface area (Å²) in [6.45, 7) is 5.69. The van der Waals surface area contributed by atoms with E-state index in [4.69, 9.17) is 9.84 Å². The third-order valence-electron chi connectivity index (χ3n) is 3.49. The first-order valence-electron chi connectivity index (χ1n) is 7.98. The molecule has 2 N–H and O–H groups in total. The quantitative estimate of drug-likeness (QED) is 0.541. The second-order valence-electron chi connectivity index (χ2n) is 5.70. The van der Waals surface area contributed by atoms with Crippen LogP contribution in [0.5, 0.6) is 5.75 Å². The number of hydrogen-bond donors (Lipinski definition) is 2. The molecular formula is C18H22N4O3S. The maximum atomic E-state index is 10.7. The zero-order valence-electron chi connectivity index (χ0n) is 15.2. The first kappa shape index (κ1) is 19.7. The van der Waals surface area contributed by atoms with Crippen molar-refractivity contribution in [3.63, 3.8) is 0 Å². The fraction of sp³-hybridized carbons (Fsp3) is 0.333. The van der Waals surface area contributed by atoms with Gasteiger partial charge in [0.15, 0.2) is 0 Å². The molecule has 0 aliphatic carbocycles. The molecule has 7 nitrogen and oxygen atoms in total. The van der Waals surface area contributed by atoms with Crippen molar-refractivity contribution in [3.05, 3.63) is 46.8 Å². The minimum absolute atomic E-state index is 0.0477. The molecule has 2 aromatic rings. The van der Waals surface area contributed by atoms with Crippen LogP contribution < -0.4 is 10.2 Å². The number of nitrogens with one attached hydrogen (secondary N) is 1. The number of hydrogen-bond acceptors (Lipinski definition) is 7. The number of nitrogens with zero attached hydrogens (tertiary/aromatic N) is 3. The summed E-state index contributed by atoms with van der Waals surface area (Å²) in [7, 11) is 1.60. The molecule has 0 aliphatic heterocycles. The molecule has 1 aromatic carbocycles. The van der Waals surface area contributed by atoms with E-state index in [0.717, 1.165) is 34.0 Å². The topological polar surface area (TPSA) is 96.7 Å². The molecule has 0 aliphatic rings. The van der Waals surface area contributed by atoms with E-state index < -0.39 is 5.97 Å². The Morgan fingerprint density at radius 2 is 1.96 bits per heavy atom. The Kier molecular flexibility index (Phi) is 6.97. The van der Waals surface area contributed by atoms with Gasteiger partial charge in [0.2, 0.25) is 5.95 Å². The molecule has 0 saturated carbocycles. The van der Waals surface area contributed by atoms with Gasteiger partial charge in [-0.2, -0.15) is 5.10 Å². The lowest BCUT2D eigenvalue weighted by molar-refractivity contribution is -0.133. The van der Waals surface area contributed by atoms with Gasteiger partial charge in [0.05, 0.1) is 18.6 Å². The molecule has 0 saturated heterocycles. The van der Waals surface area contributed by atoms with Crippen molar-refractivity contribution in [2.45, 2.75) is 26.5 Å². The fourth-order valence-corrected chi connectivity index (χ4v) is 3.06. The van der Waals surface area contributed by atoms with Gasteiger partial charge in [-0.3, -0.25) is 4.79 Å². The Hall–Kier alpha value is -2.61. The van der Waals surface area contributed by atoms with Gasteiger partial charge >= 0.3 is 5.97 Å². The number of benzene rings is 1. The number of methoxy groups -OCH3 is 1. The molecule has 1 heterocycles. The number of aryl methyl sites for hydroxylation is 2. The summed E-state index contributed by atoms with van der Waals surface area (Å²) in [6, 6.07) is 7.62. The zero-order valence-corrected chi connectivity index (χ0v) is 16.1. The summed E-state index contributed by atoms with van der Waals surface area (Å²) in [5.74, 6) is 0.939. The molecule has 2 rings (SSSR count). The molecule has 0 amide bonds. The third kappa shape index (κ3) is 5.73. The van der Waals surface area contributed by atoms with Gasteiger partial charge < -0.3 is 9.84 Å². The number of thioether (sulfide) groups is 1. The Morgan fingerprint density at radius 3 is 2.58 bits per heavy atom. The van der Waals surface area contributed by atoms with Gasteiger partial charge in [0.25, 0.3) is 0 Å². The number of anilines is 1. The molecule has 0 bridgehead atoms. The maximum absolute atomic E-state index is 10.7. The first-order chi connectivity index (χ1) is 12.4. The van der Waals surface area contributed by atoms with E-state index in [1.54, 1.807) is 7.11 Å². The Morgan fingerprint density at radius 1 is 1.27 bits per heavy atom. The smallest absolute Gasteiger partial charge is 0.313 e. The molecule has 0 unspecified atom stereocenters. The van der Waals surface area contributed by atoms with Gasteiger partial charge in [0, 0.05) is 22.7 Å². The molecular weight excluding hydrogens is 352 g/mol. The lowest BCUT2D eigenvalue weighted by Gasteiger charge is -2.10. The lowest BCUT2D eigenvalue weighted by atomic mass is 10.1. The van der Waals surface area contributed by atoms with Gasteiger partial charge in [0.1, 0.15) is 5.75 Å². The lowest BCUT2D eigenvalue weighted by Crippen LogP contribution is -2.05. The van der Waals surface area contributed by atoms with Crippen LogP contribution in [-0.4, -0.2) is 39.6 Å². The molecule has 138 valence electrons. The van der Waals surface area contributed by atoms with Crippen molar-refractivity contribution in [2.75, 3.05) is 18.3 Å². The van der Waals surface area contributed by atoms with Crippen molar-refractivity contribution >= 4 is 29.4 Å². The van der Waals surface area contributed by atoms with E-state index in [-0.39, 0.29) is 5.75 Å². The largest absolute Gasteiger partial charge is 0.496 e. The van der Waals surface area contributed by atoms with Crippen LogP contribution in [0.15, 0.2) is 29.4 Å². The molecule has 8 heteroatoms. The number of rotatable bonds is 8. The van der Waals surface area contributed by atoms with E-state index in [1.807, 2.05) is 45.0 Å². The second kappa shape index (κ2) is 9.19. The van der Waals surface area contributed by atoms with Crippen LogP contribution in [0.25, 0.3) is 0 Å². The Bertz CT molecular complexity index is 804. The highest BCUT2D eigenvalue weighted by atomic mass is 32.2. The Labute approximate surface area is 156 Å². The van der Waals surface area contributed by atoms with Gasteiger partial charge in [-0.05, 0) is 50.6 Å². The van der Waals surface area contributed by atoms with Crippen LogP contribution >= 0.6 is 11.8 Å². The Balaban J connectivity index is 2.16. The monoisotopic (exact) mass is 374 g/mol. The SMILES string of the molecule is COc1ccc(/C(C)=N\Nc2nc(C)cc(C)n2)cc1CSCC(=O)O. The average molecular weight is 374 g/mol. The number of carboxylic acid groups (broad SMARTS) is 1. The summed E-state index contributed by atoms with van der Waals surface area (Å²) in [4.78, 5) is 19.3.